The van der Waals surface area contributed by atoms with Crippen LogP contribution in [-0.4, -0.2) is 54.6 Å². The van der Waals surface area contributed by atoms with Crippen LogP contribution in [0.2, 0.25) is 0 Å². The molecule has 0 spiro atoms. The van der Waals surface area contributed by atoms with Gasteiger partial charge in [0.15, 0.2) is 4.34 Å². The van der Waals surface area contributed by atoms with Gasteiger partial charge >= 0.3 is 0 Å². The molecule has 1 amide bonds. The lowest BCUT2D eigenvalue weighted by molar-refractivity contribution is -0.384. The fourth-order valence-electron chi connectivity index (χ4n) is 2.63. The third-order valence-electron chi connectivity index (χ3n) is 3.84. The maximum Gasteiger partial charge on any atom is 0.271 e. The first-order valence-corrected chi connectivity index (χ1v) is 12.4. The Morgan fingerprint density at radius 1 is 1.40 bits per heavy atom. The number of ether oxygens (including phenoxy) is 1. The number of nitro groups is 1. The fourth-order valence-corrected chi connectivity index (χ4v) is 5.49. The van der Waals surface area contributed by atoms with Gasteiger partial charge < -0.3 is 4.74 Å². The lowest BCUT2D eigenvalue weighted by Crippen LogP contribution is -2.47. The lowest BCUT2D eigenvalue weighted by atomic mass is 10.1. The number of methoxy groups -OCH3 is 1. The number of nitrogens with one attached hydrogen (secondary N) is 1. The standard InChI is InChI=1S/C16H21N5O6S3/c1-5-11(14(22)17-15-18-19-16(29-15)28-6-2)20(30(4,25)26)12-9-10(21(23)24)7-8-13(12)27-3/h7-9,11H,5-6H2,1-4H3,(H,17,18,22). The van der Waals surface area contributed by atoms with E-state index in [4.69, 9.17) is 4.74 Å². The van der Waals surface area contributed by atoms with Crippen LogP contribution < -0.4 is 14.4 Å². The molecule has 164 valence electrons. The molecule has 14 heteroatoms. The molecular formula is C16H21N5O6S3. The van der Waals surface area contributed by atoms with E-state index in [0.29, 0.717) is 4.34 Å². The van der Waals surface area contributed by atoms with Gasteiger partial charge in [-0.2, -0.15) is 0 Å². The Kier molecular flexibility index (Phi) is 7.97. The van der Waals surface area contributed by atoms with E-state index >= 15 is 0 Å². The molecule has 1 N–H and O–H groups in total. The number of sulfonamides is 1. The van der Waals surface area contributed by atoms with Gasteiger partial charge in [-0.3, -0.25) is 24.5 Å². The minimum absolute atomic E-state index is 0.0785. The summed E-state index contributed by atoms with van der Waals surface area (Å²) in [5.41, 5.74) is -0.434. The molecule has 0 saturated heterocycles. The molecule has 1 unspecified atom stereocenters. The summed E-state index contributed by atoms with van der Waals surface area (Å²) in [6.45, 7) is 3.58. The van der Waals surface area contributed by atoms with Crippen molar-refractivity contribution >= 4 is 55.5 Å². The van der Waals surface area contributed by atoms with E-state index in [9.17, 15) is 23.3 Å². The summed E-state index contributed by atoms with van der Waals surface area (Å²) in [4.78, 5) is 23.5. The van der Waals surface area contributed by atoms with E-state index in [1.165, 1.54) is 42.3 Å². The average Bonchev–Trinajstić information content (AvgIpc) is 3.11. The second-order valence-corrected chi connectivity index (χ2v) is 10.2. The molecule has 0 aliphatic heterocycles. The molecule has 30 heavy (non-hydrogen) atoms. The van der Waals surface area contributed by atoms with Gasteiger partial charge in [0.25, 0.3) is 5.69 Å². The SMILES string of the molecule is CCSc1nnc(NC(=O)C(CC)N(c2cc([N+](=O)[O-])ccc2OC)S(C)(=O)=O)s1. The second kappa shape index (κ2) is 10.0. The highest BCUT2D eigenvalue weighted by molar-refractivity contribution is 8.01. The highest BCUT2D eigenvalue weighted by Gasteiger charge is 2.35. The Hall–Kier alpha value is -2.45. The summed E-state index contributed by atoms with van der Waals surface area (Å²) in [7, 11) is -2.71. The Morgan fingerprint density at radius 2 is 2.10 bits per heavy atom. The van der Waals surface area contributed by atoms with Gasteiger partial charge in [0.05, 0.1) is 18.3 Å². The second-order valence-electron chi connectivity index (χ2n) is 5.89. The van der Waals surface area contributed by atoms with Crippen LogP contribution in [0.4, 0.5) is 16.5 Å². The zero-order chi connectivity index (χ0) is 22.5. The van der Waals surface area contributed by atoms with Crippen LogP contribution in [0.15, 0.2) is 22.5 Å². The van der Waals surface area contributed by atoms with Crippen LogP contribution in [0.25, 0.3) is 0 Å². The number of rotatable bonds is 10. The molecule has 11 nitrogen and oxygen atoms in total. The molecule has 2 aromatic rings. The molecule has 0 aliphatic carbocycles. The van der Waals surface area contributed by atoms with Crippen molar-refractivity contribution in [3.8, 4) is 5.75 Å². The van der Waals surface area contributed by atoms with Crippen molar-refractivity contribution in [3.05, 3.63) is 28.3 Å². The van der Waals surface area contributed by atoms with Gasteiger partial charge in [0.1, 0.15) is 17.5 Å². The summed E-state index contributed by atoms with van der Waals surface area (Å²) in [5, 5.41) is 21.8. The van der Waals surface area contributed by atoms with Crippen LogP contribution in [-0.2, 0) is 14.8 Å². The first-order valence-electron chi connectivity index (χ1n) is 8.71. The number of carbonyl (C=O) groups excluding carboxylic acids is 1. The van der Waals surface area contributed by atoms with E-state index in [1.807, 2.05) is 6.92 Å². The Morgan fingerprint density at radius 3 is 2.63 bits per heavy atom. The number of amides is 1. The maximum absolute atomic E-state index is 12.9. The maximum atomic E-state index is 12.9. The predicted octanol–water partition coefficient (Wildman–Crippen LogP) is 2.75. The van der Waals surface area contributed by atoms with Crippen LogP contribution in [0.1, 0.15) is 20.3 Å². The van der Waals surface area contributed by atoms with Crippen molar-refractivity contribution in [2.75, 3.05) is 28.7 Å². The van der Waals surface area contributed by atoms with Crippen molar-refractivity contribution < 1.29 is 22.9 Å². The number of thioether (sulfide) groups is 1. The number of benzene rings is 1. The zero-order valence-electron chi connectivity index (χ0n) is 16.7. The normalized spacial score (nSPS) is 12.3. The topological polar surface area (TPSA) is 145 Å². The number of carbonyl (C=O) groups is 1. The van der Waals surface area contributed by atoms with Crippen LogP contribution in [0.3, 0.4) is 0 Å². The fraction of sp³-hybridized carbons (Fsp3) is 0.438. The van der Waals surface area contributed by atoms with Crippen LogP contribution in [0.5, 0.6) is 5.75 Å². The number of nitrogens with zero attached hydrogens (tertiary/aromatic N) is 4. The summed E-state index contributed by atoms with van der Waals surface area (Å²) in [6, 6.07) is 2.35. The van der Waals surface area contributed by atoms with Gasteiger partial charge in [0.2, 0.25) is 21.1 Å². The molecule has 1 atom stereocenters. The average molecular weight is 476 g/mol. The number of nitro benzene ring substituents is 1. The Bertz CT molecular complexity index is 1030. The molecule has 0 fully saturated rings. The highest BCUT2D eigenvalue weighted by Crippen LogP contribution is 2.36. The molecule has 0 bridgehead atoms. The van der Waals surface area contributed by atoms with E-state index in [0.717, 1.165) is 22.4 Å². The van der Waals surface area contributed by atoms with Gasteiger partial charge in [-0.25, -0.2) is 8.42 Å². The summed E-state index contributed by atoms with van der Waals surface area (Å²) in [6.07, 6.45) is 1.02. The smallest absolute Gasteiger partial charge is 0.271 e. The molecule has 0 saturated carbocycles. The Balaban J connectivity index is 2.47. The largest absolute Gasteiger partial charge is 0.495 e. The number of hydrogen-bond acceptors (Lipinski definition) is 10. The molecule has 2 rings (SSSR count). The van der Waals surface area contributed by atoms with Gasteiger partial charge in [-0.05, 0) is 18.2 Å². The quantitative estimate of drug-likeness (QED) is 0.237. The van der Waals surface area contributed by atoms with Crippen molar-refractivity contribution in [1.29, 1.82) is 0 Å². The minimum atomic E-state index is -4.01. The summed E-state index contributed by atoms with van der Waals surface area (Å²) in [5.74, 6) is 0.227. The van der Waals surface area contributed by atoms with Crippen molar-refractivity contribution in [1.82, 2.24) is 10.2 Å². The van der Waals surface area contributed by atoms with Crippen molar-refractivity contribution in [2.24, 2.45) is 0 Å². The van der Waals surface area contributed by atoms with Crippen LogP contribution in [0, 0.1) is 10.1 Å². The zero-order valence-corrected chi connectivity index (χ0v) is 19.1. The number of anilines is 2. The van der Waals surface area contributed by atoms with E-state index in [2.05, 4.69) is 15.5 Å². The third-order valence-corrected chi connectivity index (χ3v) is 6.86. The molecule has 1 aromatic carbocycles. The van der Waals surface area contributed by atoms with E-state index < -0.39 is 26.9 Å². The molecular weight excluding hydrogens is 454 g/mol. The van der Waals surface area contributed by atoms with E-state index in [1.54, 1.807) is 6.92 Å². The monoisotopic (exact) mass is 475 g/mol. The predicted molar refractivity (Wildman–Crippen MR) is 116 cm³/mol. The molecule has 1 heterocycles. The van der Waals surface area contributed by atoms with Gasteiger partial charge in [-0.15, -0.1) is 10.2 Å². The summed E-state index contributed by atoms with van der Waals surface area (Å²) < 4.78 is 31.9. The van der Waals surface area contributed by atoms with Crippen LogP contribution >= 0.6 is 23.1 Å². The highest BCUT2D eigenvalue weighted by atomic mass is 32.2. The first kappa shape index (κ1) is 23.8. The van der Waals surface area contributed by atoms with Crippen molar-refractivity contribution in [3.63, 3.8) is 0 Å². The summed E-state index contributed by atoms with van der Waals surface area (Å²) >= 11 is 2.63. The number of aromatic nitrogens is 2. The minimum Gasteiger partial charge on any atom is -0.495 e. The lowest BCUT2D eigenvalue weighted by Gasteiger charge is -2.30. The van der Waals surface area contributed by atoms with E-state index in [-0.39, 0.29) is 28.7 Å². The molecule has 0 radical (unpaired) electrons. The number of non-ortho nitro benzene ring substituents is 1. The third kappa shape index (κ3) is 5.58. The molecule has 1 aromatic heterocycles. The van der Waals surface area contributed by atoms with Gasteiger partial charge in [-0.1, -0.05) is 36.9 Å². The van der Waals surface area contributed by atoms with Gasteiger partial charge in [0, 0.05) is 12.1 Å². The number of hydrogen-bond donors (Lipinski definition) is 1. The first-order chi connectivity index (χ1) is 14.1. The van der Waals surface area contributed by atoms with Crippen molar-refractivity contribution in [2.45, 2.75) is 30.6 Å². The molecule has 0 aliphatic rings. The Labute approximate surface area is 182 Å².